The third-order valence-electron chi connectivity index (χ3n) is 5.68. The van der Waals surface area contributed by atoms with Gasteiger partial charge in [0.1, 0.15) is 17.2 Å². The van der Waals surface area contributed by atoms with Gasteiger partial charge < -0.3 is 16.0 Å². The van der Waals surface area contributed by atoms with Crippen molar-refractivity contribution < 1.29 is 9.59 Å². The Balaban J connectivity index is 2.31. The summed E-state index contributed by atoms with van der Waals surface area (Å²) >= 11 is 0. The van der Waals surface area contributed by atoms with E-state index in [0.717, 1.165) is 0 Å². The van der Waals surface area contributed by atoms with Gasteiger partial charge in [-0.25, -0.2) is 4.98 Å². The lowest BCUT2D eigenvalue weighted by atomic mass is 9.81. The van der Waals surface area contributed by atoms with Gasteiger partial charge in [-0.2, -0.15) is 0 Å². The van der Waals surface area contributed by atoms with Crippen molar-refractivity contribution in [3.8, 4) is 0 Å². The van der Waals surface area contributed by atoms with E-state index in [1.807, 2.05) is 20.8 Å². The van der Waals surface area contributed by atoms with E-state index < -0.39 is 17.0 Å². The molecule has 1 aliphatic heterocycles. The van der Waals surface area contributed by atoms with Crippen LogP contribution in [0.3, 0.4) is 0 Å². The normalized spacial score (nSPS) is 21.8. The van der Waals surface area contributed by atoms with Crippen molar-refractivity contribution in [3.63, 3.8) is 0 Å². The standard InChI is InChI=1S/C20H25N5O3/c1-10(16-18(28)24-20(6,19(3,4)5)25(16)9-26)15-11(2)23-13-7-14(21)22-8-12(13)17(15)27/h7-9H,1-6H3,(H2,21,22)(H,23,27)(H,24,28)/b16-10-. The van der Waals surface area contributed by atoms with Crippen LogP contribution in [0.15, 0.2) is 22.8 Å². The van der Waals surface area contributed by atoms with Crippen LogP contribution in [0.1, 0.15) is 45.9 Å². The molecule has 3 heterocycles. The maximum Gasteiger partial charge on any atom is 0.270 e. The average molecular weight is 383 g/mol. The van der Waals surface area contributed by atoms with E-state index in [1.165, 1.54) is 11.1 Å². The molecule has 0 aliphatic carbocycles. The predicted octanol–water partition coefficient (Wildman–Crippen LogP) is 1.90. The number of rotatable bonds is 2. The molecular formula is C20H25N5O3. The number of carbonyl (C=O) groups is 2. The number of nitrogens with one attached hydrogen (secondary N) is 2. The average Bonchev–Trinajstić information content (AvgIpc) is 2.84. The number of nitrogen functional groups attached to an aromatic ring is 1. The van der Waals surface area contributed by atoms with Gasteiger partial charge in [-0.05, 0) is 26.3 Å². The van der Waals surface area contributed by atoms with Crippen LogP contribution < -0.4 is 16.5 Å². The summed E-state index contributed by atoms with van der Waals surface area (Å²) in [6.45, 7) is 11.0. The zero-order valence-corrected chi connectivity index (χ0v) is 16.9. The molecular weight excluding hydrogens is 358 g/mol. The molecule has 1 aliphatic rings. The van der Waals surface area contributed by atoms with Crippen LogP contribution in [-0.2, 0) is 9.59 Å². The number of allylic oxidation sites excluding steroid dienone is 1. The van der Waals surface area contributed by atoms with Gasteiger partial charge in [-0.3, -0.25) is 19.3 Å². The highest BCUT2D eigenvalue weighted by Gasteiger charge is 2.52. The molecule has 0 spiro atoms. The number of hydrogen-bond donors (Lipinski definition) is 3. The third kappa shape index (κ3) is 2.67. The first-order valence-electron chi connectivity index (χ1n) is 8.99. The highest BCUT2D eigenvalue weighted by molar-refractivity contribution is 6.05. The van der Waals surface area contributed by atoms with Crippen molar-refractivity contribution in [2.45, 2.75) is 47.2 Å². The zero-order valence-electron chi connectivity index (χ0n) is 16.9. The lowest BCUT2D eigenvalue weighted by Gasteiger charge is -2.43. The van der Waals surface area contributed by atoms with Gasteiger partial charge in [0.25, 0.3) is 5.91 Å². The van der Waals surface area contributed by atoms with Crippen LogP contribution >= 0.6 is 0 Å². The summed E-state index contributed by atoms with van der Waals surface area (Å²) in [5, 5.41) is 3.28. The smallest absolute Gasteiger partial charge is 0.270 e. The second kappa shape index (κ2) is 6.19. The molecule has 2 aromatic rings. The van der Waals surface area contributed by atoms with Gasteiger partial charge in [0.05, 0.1) is 10.9 Å². The van der Waals surface area contributed by atoms with Crippen molar-refractivity contribution in [2.75, 3.05) is 5.73 Å². The molecule has 1 saturated heterocycles. The summed E-state index contributed by atoms with van der Waals surface area (Å²) in [6, 6.07) is 1.59. The second-order valence-electron chi connectivity index (χ2n) is 8.33. The predicted molar refractivity (Wildman–Crippen MR) is 108 cm³/mol. The minimum Gasteiger partial charge on any atom is -0.384 e. The van der Waals surface area contributed by atoms with Gasteiger partial charge in [-0.1, -0.05) is 20.8 Å². The second-order valence-corrected chi connectivity index (χ2v) is 8.33. The molecule has 1 atom stereocenters. The topological polar surface area (TPSA) is 121 Å². The van der Waals surface area contributed by atoms with E-state index in [4.69, 9.17) is 5.73 Å². The number of pyridine rings is 2. The number of aryl methyl sites for hydroxylation is 1. The van der Waals surface area contributed by atoms with E-state index in [2.05, 4.69) is 15.3 Å². The molecule has 0 bridgehead atoms. The number of nitrogens with two attached hydrogens (primary N) is 1. The van der Waals surface area contributed by atoms with Crippen molar-refractivity contribution in [1.29, 1.82) is 0 Å². The summed E-state index contributed by atoms with van der Waals surface area (Å²) in [5.74, 6) is -0.0926. The van der Waals surface area contributed by atoms with Crippen molar-refractivity contribution >= 4 is 34.6 Å². The fourth-order valence-corrected chi connectivity index (χ4v) is 3.63. The molecule has 8 nitrogen and oxygen atoms in total. The summed E-state index contributed by atoms with van der Waals surface area (Å²) in [7, 11) is 0. The minimum atomic E-state index is -0.921. The molecule has 0 radical (unpaired) electrons. The van der Waals surface area contributed by atoms with Crippen LogP contribution in [0.25, 0.3) is 16.5 Å². The minimum absolute atomic E-state index is 0.170. The Hall–Kier alpha value is -3.16. The number of carbonyl (C=O) groups excluding carboxylic acids is 2. The first kappa shape index (κ1) is 19.6. The number of fused-ring (bicyclic) bond motifs is 1. The van der Waals surface area contributed by atoms with Crippen molar-refractivity contribution in [2.24, 2.45) is 5.41 Å². The van der Waals surface area contributed by atoms with Crippen LogP contribution in [0.2, 0.25) is 0 Å². The summed E-state index contributed by atoms with van der Waals surface area (Å²) in [6.07, 6.45) is 2.05. The van der Waals surface area contributed by atoms with Gasteiger partial charge in [0.2, 0.25) is 6.41 Å². The first-order chi connectivity index (χ1) is 12.9. The highest BCUT2D eigenvalue weighted by atomic mass is 16.2. The molecule has 2 amide bonds. The molecule has 28 heavy (non-hydrogen) atoms. The summed E-state index contributed by atoms with van der Waals surface area (Å²) in [5.41, 5.74) is 6.17. The SMILES string of the molecule is C/C(=C1\C(=O)NC(C)(C(C)(C)C)N1C=O)c1c(C)[nH]c2cc(N)ncc2c1=O. The van der Waals surface area contributed by atoms with Gasteiger partial charge in [-0.15, -0.1) is 0 Å². The Labute approximate surface area is 162 Å². The molecule has 1 unspecified atom stereocenters. The maximum atomic E-state index is 13.1. The number of H-pyrrole nitrogens is 1. The first-order valence-corrected chi connectivity index (χ1v) is 8.99. The number of anilines is 1. The number of amides is 2. The fourth-order valence-electron chi connectivity index (χ4n) is 3.63. The Morgan fingerprint density at radius 2 is 1.96 bits per heavy atom. The fraction of sp³-hybridized carbons (Fsp3) is 0.400. The Morgan fingerprint density at radius 3 is 2.54 bits per heavy atom. The van der Waals surface area contributed by atoms with Crippen molar-refractivity contribution in [1.82, 2.24) is 20.2 Å². The van der Waals surface area contributed by atoms with E-state index in [-0.39, 0.29) is 11.1 Å². The summed E-state index contributed by atoms with van der Waals surface area (Å²) < 4.78 is 0. The van der Waals surface area contributed by atoms with Crippen LogP contribution in [0.5, 0.6) is 0 Å². The lowest BCUT2D eigenvalue weighted by molar-refractivity contribution is -0.123. The van der Waals surface area contributed by atoms with Crippen LogP contribution in [0.4, 0.5) is 5.82 Å². The molecule has 2 aromatic heterocycles. The number of nitrogens with zero attached hydrogens (tertiary/aromatic N) is 2. The Kier molecular flexibility index (Phi) is 4.33. The van der Waals surface area contributed by atoms with E-state index in [1.54, 1.807) is 26.8 Å². The molecule has 1 fully saturated rings. The number of aromatic amines is 1. The monoisotopic (exact) mass is 383 g/mol. The van der Waals surface area contributed by atoms with Gasteiger partial charge >= 0.3 is 0 Å². The van der Waals surface area contributed by atoms with Crippen LogP contribution in [-0.4, -0.2) is 32.8 Å². The third-order valence-corrected chi connectivity index (χ3v) is 5.68. The van der Waals surface area contributed by atoms with E-state index in [0.29, 0.717) is 40.0 Å². The van der Waals surface area contributed by atoms with Gasteiger partial charge in [0, 0.05) is 28.9 Å². The van der Waals surface area contributed by atoms with Crippen molar-refractivity contribution in [3.05, 3.63) is 39.4 Å². The molecule has 8 heteroatoms. The lowest BCUT2D eigenvalue weighted by Crippen LogP contribution is -2.57. The molecule has 148 valence electrons. The quantitative estimate of drug-likeness (QED) is 0.540. The Morgan fingerprint density at radius 1 is 1.32 bits per heavy atom. The number of hydrogen-bond acceptors (Lipinski definition) is 5. The zero-order chi connectivity index (χ0) is 21.0. The van der Waals surface area contributed by atoms with Gasteiger partial charge in [0.15, 0.2) is 5.43 Å². The molecule has 0 saturated carbocycles. The maximum absolute atomic E-state index is 13.1. The molecule has 4 N–H and O–H groups in total. The van der Waals surface area contributed by atoms with E-state index >= 15 is 0 Å². The van der Waals surface area contributed by atoms with Crippen LogP contribution in [0, 0.1) is 12.3 Å². The largest absolute Gasteiger partial charge is 0.384 e. The summed E-state index contributed by atoms with van der Waals surface area (Å²) in [4.78, 5) is 46.5. The highest BCUT2D eigenvalue weighted by Crippen LogP contribution is 2.40. The number of aromatic nitrogens is 2. The molecule has 3 rings (SSSR count). The van der Waals surface area contributed by atoms with E-state index in [9.17, 15) is 14.4 Å². The Bertz CT molecular complexity index is 1090. The molecule has 0 aromatic carbocycles.